The van der Waals surface area contributed by atoms with Gasteiger partial charge in [0.25, 0.3) is 0 Å². The normalized spacial score (nSPS) is 13.6. The fraction of sp³-hybridized carbons (Fsp3) is 1.00. The third kappa shape index (κ3) is 6.97. The van der Waals surface area contributed by atoms with Crippen molar-refractivity contribution in [1.82, 2.24) is 4.90 Å². The second kappa shape index (κ2) is 6.15. The molecule has 0 amide bonds. The maximum absolute atomic E-state index is 2.48. The zero-order valence-corrected chi connectivity index (χ0v) is 11.1. The average molecular weight is 214 g/mol. The van der Waals surface area contributed by atoms with E-state index in [4.69, 9.17) is 0 Å². The summed E-state index contributed by atoms with van der Waals surface area (Å²) in [5.74, 6) is 0.931. The SMILES string of the molecule is CCN(C)CC(C)[CH2][Ga]([CH3])[CH3]. The summed E-state index contributed by atoms with van der Waals surface area (Å²) in [6.07, 6.45) is 0. The molecule has 0 aromatic rings. The monoisotopic (exact) mass is 213 g/mol. The third-order valence-corrected chi connectivity index (χ3v) is 5.70. The molecule has 0 spiro atoms. The van der Waals surface area contributed by atoms with Crippen LogP contribution in [0, 0.1) is 5.92 Å². The topological polar surface area (TPSA) is 3.24 Å². The minimum atomic E-state index is -0.734. The second-order valence-corrected chi connectivity index (χ2v) is 10.9. The first-order valence-corrected chi connectivity index (χ1v) is 11.3. The molecule has 1 nitrogen and oxygen atoms in total. The van der Waals surface area contributed by atoms with Crippen LogP contribution in [0.1, 0.15) is 13.8 Å². The van der Waals surface area contributed by atoms with Crippen molar-refractivity contribution < 1.29 is 0 Å². The van der Waals surface area contributed by atoms with Gasteiger partial charge in [-0.1, -0.05) is 0 Å². The molecule has 0 rings (SSSR count). The van der Waals surface area contributed by atoms with Crippen LogP contribution in [0.4, 0.5) is 0 Å². The summed E-state index contributed by atoms with van der Waals surface area (Å²) in [5, 5.41) is 0. The van der Waals surface area contributed by atoms with Crippen molar-refractivity contribution in [2.75, 3.05) is 20.1 Å². The van der Waals surface area contributed by atoms with Gasteiger partial charge in [0.2, 0.25) is 0 Å². The van der Waals surface area contributed by atoms with Gasteiger partial charge < -0.3 is 0 Å². The van der Waals surface area contributed by atoms with Gasteiger partial charge in [-0.25, -0.2) is 0 Å². The molecule has 2 heteroatoms. The van der Waals surface area contributed by atoms with Gasteiger partial charge in [-0.2, -0.15) is 0 Å². The van der Waals surface area contributed by atoms with E-state index in [-0.39, 0.29) is 0 Å². The first kappa shape index (κ1) is 11.6. The predicted octanol–water partition coefficient (Wildman–Crippen LogP) is 2.33. The molecule has 66 valence electrons. The van der Waals surface area contributed by atoms with Gasteiger partial charge in [0.05, 0.1) is 0 Å². The predicted molar refractivity (Wildman–Crippen MR) is 54.6 cm³/mol. The van der Waals surface area contributed by atoms with Crippen LogP contribution in [-0.2, 0) is 0 Å². The molecular formula is C9H22GaN. The van der Waals surface area contributed by atoms with Crippen LogP contribution in [0.15, 0.2) is 0 Å². The van der Waals surface area contributed by atoms with E-state index in [1.54, 1.807) is 0 Å². The molecule has 0 aliphatic rings. The van der Waals surface area contributed by atoms with Crippen LogP contribution in [-0.4, -0.2) is 41.3 Å². The van der Waals surface area contributed by atoms with Gasteiger partial charge in [-0.15, -0.1) is 0 Å². The van der Waals surface area contributed by atoms with Crippen LogP contribution in [0.2, 0.25) is 15.9 Å². The molecule has 0 aliphatic heterocycles. The van der Waals surface area contributed by atoms with Crippen LogP contribution in [0.25, 0.3) is 0 Å². The third-order valence-electron chi connectivity index (χ3n) is 2.04. The molecule has 11 heavy (non-hydrogen) atoms. The summed E-state index contributed by atoms with van der Waals surface area (Å²) in [6, 6.07) is 0. The number of hydrogen-bond acceptors (Lipinski definition) is 1. The van der Waals surface area contributed by atoms with E-state index >= 15 is 0 Å². The Kier molecular flexibility index (Phi) is 6.48. The first-order chi connectivity index (χ1) is 5.06. The Hall–Kier alpha value is 0.596. The summed E-state index contributed by atoms with van der Waals surface area (Å²) in [5.41, 5.74) is 4.96. The van der Waals surface area contributed by atoms with Crippen LogP contribution in [0.3, 0.4) is 0 Å². The number of rotatable bonds is 5. The van der Waals surface area contributed by atoms with Crippen molar-refractivity contribution in [2.24, 2.45) is 5.92 Å². The fourth-order valence-corrected chi connectivity index (χ4v) is 5.23. The first-order valence-electron chi connectivity index (χ1n) is 4.74. The van der Waals surface area contributed by atoms with E-state index in [1.165, 1.54) is 18.1 Å². The Labute approximate surface area is 77.2 Å². The zero-order valence-electron chi connectivity index (χ0n) is 8.72. The van der Waals surface area contributed by atoms with Gasteiger partial charge in [0, 0.05) is 0 Å². The molecule has 1 unspecified atom stereocenters. The van der Waals surface area contributed by atoms with Crippen molar-refractivity contribution in [1.29, 1.82) is 0 Å². The summed E-state index contributed by atoms with van der Waals surface area (Å²) in [7, 11) is 2.21. The van der Waals surface area contributed by atoms with Crippen molar-refractivity contribution in [2.45, 2.75) is 29.8 Å². The Morgan fingerprint density at radius 1 is 1.36 bits per heavy atom. The molecule has 0 aliphatic carbocycles. The van der Waals surface area contributed by atoms with Gasteiger partial charge >= 0.3 is 77.0 Å². The van der Waals surface area contributed by atoms with E-state index in [0.717, 1.165) is 5.92 Å². The minimum absolute atomic E-state index is 0.734. The zero-order chi connectivity index (χ0) is 8.85. The molecule has 0 saturated carbocycles. The number of nitrogens with zero attached hydrogens (tertiary/aromatic N) is 1. The van der Waals surface area contributed by atoms with Crippen molar-refractivity contribution in [3.05, 3.63) is 0 Å². The average Bonchev–Trinajstić information content (AvgIpc) is 1.85. The van der Waals surface area contributed by atoms with Gasteiger partial charge in [0.15, 0.2) is 0 Å². The van der Waals surface area contributed by atoms with Crippen LogP contribution < -0.4 is 0 Å². The summed E-state index contributed by atoms with van der Waals surface area (Å²) in [6.45, 7) is 7.09. The molecule has 1 atom stereocenters. The van der Waals surface area contributed by atoms with E-state index in [9.17, 15) is 0 Å². The molecule has 0 aromatic heterocycles. The molecular weight excluding hydrogens is 192 g/mol. The Balaban J connectivity index is 3.43. The van der Waals surface area contributed by atoms with Gasteiger partial charge in [-0.3, -0.25) is 0 Å². The standard InChI is InChI=1S/C7H16N.2CH3.Ga/c1-5-8(4)6-7(2)3;;;/h7H,2,5-6H2,1,3-4H3;2*1H3;. The molecule has 0 saturated heterocycles. The Bertz CT molecular complexity index is 93.6. The van der Waals surface area contributed by atoms with E-state index in [0.29, 0.717) is 0 Å². The summed E-state index contributed by atoms with van der Waals surface area (Å²) in [4.78, 5) is 3.95. The molecule has 0 radical (unpaired) electrons. The summed E-state index contributed by atoms with van der Waals surface area (Å²) < 4.78 is 0. The van der Waals surface area contributed by atoms with E-state index in [1.807, 2.05) is 0 Å². The molecule has 0 heterocycles. The number of hydrogen-bond donors (Lipinski definition) is 0. The van der Waals surface area contributed by atoms with Crippen molar-refractivity contribution in [3.63, 3.8) is 0 Å². The Morgan fingerprint density at radius 3 is 2.27 bits per heavy atom. The quantitative estimate of drug-likeness (QED) is 0.634. The molecule has 0 fully saturated rings. The Morgan fingerprint density at radius 2 is 1.91 bits per heavy atom. The fourth-order valence-electron chi connectivity index (χ4n) is 1.54. The van der Waals surface area contributed by atoms with E-state index < -0.39 is 16.2 Å². The van der Waals surface area contributed by atoms with E-state index in [2.05, 4.69) is 36.8 Å². The van der Waals surface area contributed by atoms with Crippen molar-refractivity contribution >= 4 is 16.2 Å². The molecule has 0 bridgehead atoms. The van der Waals surface area contributed by atoms with Gasteiger partial charge in [-0.05, 0) is 0 Å². The van der Waals surface area contributed by atoms with Crippen LogP contribution >= 0.6 is 0 Å². The van der Waals surface area contributed by atoms with Gasteiger partial charge in [0.1, 0.15) is 0 Å². The maximum atomic E-state index is 2.48. The second-order valence-electron chi connectivity index (χ2n) is 4.09. The summed E-state index contributed by atoms with van der Waals surface area (Å²) >= 11 is -0.734. The molecule has 0 aromatic carbocycles. The van der Waals surface area contributed by atoms with Crippen molar-refractivity contribution in [3.8, 4) is 0 Å². The molecule has 0 N–H and O–H groups in total. The van der Waals surface area contributed by atoms with Crippen LogP contribution in [0.5, 0.6) is 0 Å².